The van der Waals surface area contributed by atoms with Gasteiger partial charge in [-0.1, -0.05) is 31.2 Å². The van der Waals surface area contributed by atoms with E-state index in [2.05, 4.69) is 5.32 Å². The molecule has 3 heteroatoms. The van der Waals surface area contributed by atoms with Crippen molar-refractivity contribution in [2.75, 3.05) is 0 Å². The summed E-state index contributed by atoms with van der Waals surface area (Å²) < 4.78 is 0. The number of imide groups is 1. The average Bonchev–Trinajstić information content (AvgIpc) is 2.24. The number of carbonyl (C=O) groups is 2. The van der Waals surface area contributed by atoms with Crippen molar-refractivity contribution in [1.82, 2.24) is 5.32 Å². The third-order valence-corrected chi connectivity index (χ3v) is 3.27. The number of aryl methyl sites for hydroxylation is 1. The molecule has 0 aliphatic carbocycles. The summed E-state index contributed by atoms with van der Waals surface area (Å²) in [6, 6.07) is 7.93. The number of amides is 2. The highest BCUT2D eigenvalue weighted by atomic mass is 16.2. The van der Waals surface area contributed by atoms with E-state index in [-0.39, 0.29) is 23.7 Å². The molecule has 2 unspecified atom stereocenters. The Balaban J connectivity index is 2.36. The van der Waals surface area contributed by atoms with Crippen LogP contribution in [0.25, 0.3) is 0 Å². The molecule has 1 aliphatic heterocycles. The van der Waals surface area contributed by atoms with Crippen molar-refractivity contribution in [3.05, 3.63) is 35.4 Å². The van der Waals surface area contributed by atoms with Gasteiger partial charge in [-0.15, -0.1) is 0 Å². The van der Waals surface area contributed by atoms with Crippen molar-refractivity contribution in [3.63, 3.8) is 0 Å². The van der Waals surface area contributed by atoms with Gasteiger partial charge in [0.25, 0.3) is 0 Å². The lowest BCUT2D eigenvalue weighted by molar-refractivity contribution is -0.136. The van der Waals surface area contributed by atoms with Crippen LogP contribution in [-0.2, 0) is 9.59 Å². The Labute approximate surface area is 94.9 Å². The van der Waals surface area contributed by atoms with E-state index in [0.29, 0.717) is 6.42 Å². The van der Waals surface area contributed by atoms with Crippen LogP contribution in [0.1, 0.15) is 30.4 Å². The molecular formula is C13H15NO2. The van der Waals surface area contributed by atoms with Crippen molar-refractivity contribution in [2.24, 2.45) is 5.92 Å². The third kappa shape index (κ3) is 1.85. The Hall–Kier alpha value is -1.64. The number of hydrogen-bond donors (Lipinski definition) is 1. The van der Waals surface area contributed by atoms with Crippen molar-refractivity contribution in [1.29, 1.82) is 0 Å². The van der Waals surface area contributed by atoms with Crippen LogP contribution in [0.4, 0.5) is 0 Å². The van der Waals surface area contributed by atoms with Crippen LogP contribution < -0.4 is 5.32 Å². The molecule has 84 valence electrons. The maximum Gasteiger partial charge on any atom is 0.230 e. The first-order chi connectivity index (χ1) is 7.59. The number of hydrogen-bond acceptors (Lipinski definition) is 2. The molecule has 0 bridgehead atoms. The second kappa shape index (κ2) is 4.08. The van der Waals surface area contributed by atoms with Crippen LogP contribution in [0.3, 0.4) is 0 Å². The molecule has 1 aliphatic rings. The molecule has 0 spiro atoms. The van der Waals surface area contributed by atoms with Gasteiger partial charge in [0.05, 0.1) is 0 Å². The van der Waals surface area contributed by atoms with E-state index in [4.69, 9.17) is 0 Å². The Kier molecular flexibility index (Phi) is 2.77. The van der Waals surface area contributed by atoms with Gasteiger partial charge in [-0.25, -0.2) is 0 Å². The van der Waals surface area contributed by atoms with Crippen molar-refractivity contribution in [2.45, 2.75) is 26.2 Å². The normalized spacial score (nSPS) is 25.4. The van der Waals surface area contributed by atoms with Gasteiger partial charge < -0.3 is 0 Å². The van der Waals surface area contributed by atoms with Gasteiger partial charge in [-0.3, -0.25) is 14.9 Å². The molecular weight excluding hydrogens is 202 g/mol. The topological polar surface area (TPSA) is 46.2 Å². The van der Waals surface area contributed by atoms with Crippen LogP contribution in [-0.4, -0.2) is 11.8 Å². The Bertz CT molecular complexity index is 439. The predicted octanol–water partition coefficient (Wildman–Crippen LogP) is 1.76. The molecule has 1 heterocycles. The maximum atomic E-state index is 11.6. The molecule has 1 N–H and O–H groups in total. The summed E-state index contributed by atoms with van der Waals surface area (Å²) in [4.78, 5) is 22.9. The molecule has 1 aromatic rings. The smallest absolute Gasteiger partial charge is 0.230 e. The van der Waals surface area contributed by atoms with Gasteiger partial charge >= 0.3 is 0 Å². The van der Waals surface area contributed by atoms with Gasteiger partial charge in [0, 0.05) is 18.3 Å². The fourth-order valence-electron chi connectivity index (χ4n) is 2.24. The Morgan fingerprint density at radius 2 is 1.94 bits per heavy atom. The van der Waals surface area contributed by atoms with E-state index in [1.54, 1.807) is 0 Å². The van der Waals surface area contributed by atoms with Crippen molar-refractivity contribution >= 4 is 11.8 Å². The SMILES string of the molecule is Cc1ccccc1C1CC(=O)NC(=O)C1C. The fourth-order valence-corrected chi connectivity index (χ4v) is 2.24. The van der Waals surface area contributed by atoms with E-state index in [0.717, 1.165) is 11.1 Å². The number of benzene rings is 1. The van der Waals surface area contributed by atoms with Gasteiger partial charge in [-0.05, 0) is 18.1 Å². The molecule has 1 aromatic carbocycles. The first-order valence-corrected chi connectivity index (χ1v) is 5.49. The van der Waals surface area contributed by atoms with Crippen LogP contribution >= 0.6 is 0 Å². The first-order valence-electron chi connectivity index (χ1n) is 5.49. The van der Waals surface area contributed by atoms with Gasteiger partial charge in [0.2, 0.25) is 11.8 Å². The van der Waals surface area contributed by atoms with E-state index in [9.17, 15) is 9.59 Å². The fraction of sp³-hybridized carbons (Fsp3) is 0.385. The Morgan fingerprint density at radius 1 is 1.25 bits per heavy atom. The van der Waals surface area contributed by atoms with Crippen molar-refractivity contribution in [3.8, 4) is 0 Å². The Morgan fingerprint density at radius 3 is 2.62 bits per heavy atom. The average molecular weight is 217 g/mol. The van der Waals surface area contributed by atoms with Crippen LogP contribution in [0.2, 0.25) is 0 Å². The highest BCUT2D eigenvalue weighted by Gasteiger charge is 2.33. The molecule has 0 aromatic heterocycles. The lowest BCUT2D eigenvalue weighted by Crippen LogP contribution is -2.43. The summed E-state index contributed by atoms with van der Waals surface area (Å²) in [5.74, 6) is -0.456. The molecule has 2 rings (SSSR count). The van der Waals surface area contributed by atoms with E-state index < -0.39 is 0 Å². The minimum atomic E-state index is -0.170. The second-order valence-corrected chi connectivity index (χ2v) is 4.37. The highest BCUT2D eigenvalue weighted by molar-refractivity contribution is 5.99. The van der Waals surface area contributed by atoms with E-state index >= 15 is 0 Å². The van der Waals surface area contributed by atoms with Crippen molar-refractivity contribution < 1.29 is 9.59 Å². The lowest BCUT2D eigenvalue weighted by Gasteiger charge is -2.28. The minimum absolute atomic E-state index is 0.0162. The van der Waals surface area contributed by atoms with Crippen LogP contribution in [0, 0.1) is 12.8 Å². The largest absolute Gasteiger partial charge is 0.296 e. The molecule has 16 heavy (non-hydrogen) atoms. The molecule has 0 radical (unpaired) electrons. The maximum absolute atomic E-state index is 11.6. The van der Waals surface area contributed by atoms with Gasteiger partial charge in [-0.2, -0.15) is 0 Å². The monoisotopic (exact) mass is 217 g/mol. The summed E-state index contributed by atoms with van der Waals surface area (Å²) in [6.07, 6.45) is 0.401. The standard InChI is InChI=1S/C13H15NO2/c1-8-5-3-4-6-10(8)11-7-12(15)14-13(16)9(11)2/h3-6,9,11H,7H2,1-2H3,(H,14,15,16). The van der Waals surface area contributed by atoms with E-state index in [1.165, 1.54) is 0 Å². The molecule has 2 amide bonds. The molecule has 0 saturated carbocycles. The summed E-state index contributed by atoms with van der Waals surface area (Å²) in [7, 11) is 0. The summed E-state index contributed by atoms with van der Waals surface area (Å²) >= 11 is 0. The summed E-state index contributed by atoms with van der Waals surface area (Å²) in [5, 5.41) is 2.37. The minimum Gasteiger partial charge on any atom is -0.296 e. The molecule has 3 nitrogen and oxygen atoms in total. The summed E-state index contributed by atoms with van der Waals surface area (Å²) in [5.41, 5.74) is 2.25. The zero-order valence-electron chi connectivity index (χ0n) is 9.49. The molecule has 2 atom stereocenters. The quantitative estimate of drug-likeness (QED) is 0.728. The number of rotatable bonds is 1. The number of carbonyl (C=O) groups excluding carboxylic acids is 2. The predicted molar refractivity (Wildman–Crippen MR) is 60.9 cm³/mol. The van der Waals surface area contributed by atoms with Crippen LogP contribution in [0.5, 0.6) is 0 Å². The van der Waals surface area contributed by atoms with Gasteiger partial charge in [0.15, 0.2) is 0 Å². The molecule has 1 fully saturated rings. The first kappa shape index (κ1) is 10.9. The molecule has 1 saturated heterocycles. The number of piperidine rings is 1. The third-order valence-electron chi connectivity index (χ3n) is 3.27. The second-order valence-electron chi connectivity index (χ2n) is 4.37. The summed E-state index contributed by atoms with van der Waals surface area (Å²) in [6.45, 7) is 3.89. The highest BCUT2D eigenvalue weighted by Crippen LogP contribution is 2.32. The van der Waals surface area contributed by atoms with Gasteiger partial charge in [0.1, 0.15) is 0 Å². The van der Waals surface area contributed by atoms with E-state index in [1.807, 2.05) is 38.1 Å². The lowest BCUT2D eigenvalue weighted by atomic mass is 9.80. The zero-order valence-corrected chi connectivity index (χ0v) is 9.49. The zero-order chi connectivity index (χ0) is 11.7. The van der Waals surface area contributed by atoms with Crippen LogP contribution in [0.15, 0.2) is 24.3 Å². The number of nitrogens with one attached hydrogen (secondary N) is 1.